The molecule has 0 aliphatic carbocycles. The van der Waals surface area contributed by atoms with Crippen molar-refractivity contribution in [1.82, 2.24) is 19.1 Å². The number of H-pyrrole nitrogens is 1. The Morgan fingerprint density at radius 2 is 2.17 bits per heavy atom. The Morgan fingerprint density at radius 1 is 1.50 bits per heavy atom. The topological polar surface area (TPSA) is 92.9 Å². The normalized spacial score (nSPS) is 13.1. The quantitative estimate of drug-likeness (QED) is 0.575. The lowest BCUT2D eigenvalue weighted by atomic mass is 10.4. The van der Waals surface area contributed by atoms with Crippen LogP contribution in [-0.4, -0.2) is 35.6 Å². The molecule has 1 unspecified atom stereocenters. The number of aromatic amines is 1. The molecule has 2 aromatic rings. The lowest BCUT2D eigenvalue weighted by molar-refractivity contribution is 0.180. The highest BCUT2D eigenvalue weighted by molar-refractivity contribution is 9.10. The van der Waals surface area contributed by atoms with Gasteiger partial charge in [-0.25, -0.2) is 9.78 Å². The van der Waals surface area contributed by atoms with Crippen LogP contribution in [0.3, 0.4) is 0 Å². The molecule has 2 N–H and O–H groups in total. The number of imidazole rings is 1. The van der Waals surface area contributed by atoms with Gasteiger partial charge in [-0.05, 0) is 15.9 Å². The van der Waals surface area contributed by atoms with Gasteiger partial charge in [-0.1, -0.05) is 15.9 Å². The van der Waals surface area contributed by atoms with Crippen molar-refractivity contribution in [2.45, 2.75) is 12.6 Å². The van der Waals surface area contributed by atoms with E-state index in [4.69, 9.17) is 0 Å². The Bertz CT molecular complexity index is 702. The van der Waals surface area contributed by atoms with Crippen LogP contribution < -0.4 is 11.2 Å². The summed E-state index contributed by atoms with van der Waals surface area (Å²) in [5, 5.41) is 10.0. The smallest absolute Gasteiger partial charge is 0.329 e. The summed E-state index contributed by atoms with van der Waals surface area (Å²) in [6.45, 7) is 0.198. The van der Waals surface area contributed by atoms with E-state index in [2.05, 4.69) is 41.8 Å². The summed E-state index contributed by atoms with van der Waals surface area (Å²) in [5.74, 6) is 0. The monoisotopic (exact) mass is 380 g/mol. The maximum Gasteiger partial charge on any atom is 0.329 e. The zero-order chi connectivity index (χ0) is 13.4. The van der Waals surface area contributed by atoms with Crippen molar-refractivity contribution in [1.29, 1.82) is 0 Å². The second kappa shape index (κ2) is 4.98. The molecule has 1 atom stereocenters. The first kappa shape index (κ1) is 13.5. The van der Waals surface area contributed by atoms with Gasteiger partial charge in [0.25, 0.3) is 5.56 Å². The number of alkyl halides is 1. The van der Waals surface area contributed by atoms with Crippen LogP contribution in [-0.2, 0) is 13.6 Å². The molecule has 0 aromatic carbocycles. The molecule has 7 nitrogen and oxygen atoms in total. The number of hydrogen-bond donors (Lipinski definition) is 2. The van der Waals surface area contributed by atoms with Gasteiger partial charge in [-0.2, -0.15) is 0 Å². The van der Waals surface area contributed by atoms with Gasteiger partial charge in [0.1, 0.15) is 0 Å². The molecule has 0 spiro atoms. The van der Waals surface area contributed by atoms with Gasteiger partial charge in [0.2, 0.25) is 0 Å². The van der Waals surface area contributed by atoms with Crippen molar-refractivity contribution in [2.75, 3.05) is 5.33 Å². The summed E-state index contributed by atoms with van der Waals surface area (Å²) >= 11 is 6.37. The molecule has 0 saturated carbocycles. The number of halogens is 2. The number of fused-ring (bicyclic) bond motifs is 1. The molecule has 2 aromatic heterocycles. The Hall–Kier alpha value is -0.930. The fourth-order valence-corrected chi connectivity index (χ4v) is 2.33. The van der Waals surface area contributed by atoms with Gasteiger partial charge in [-0.15, -0.1) is 0 Å². The lowest BCUT2D eigenvalue weighted by Gasteiger charge is -2.09. The second-order valence-corrected chi connectivity index (χ2v) is 5.15. The third-order valence-electron chi connectivity index (χ3n) is 2.53. The van der Waals surface area contributed by atoms with Crippen LogP contribution in [0.15, 0.2) is 14.3 Å². The molecular formula is C9H10Br2N4O3. The van der Waals surface area contributed by atoms with Crippen LogP contribution >= 0.6 is 31.9 Å². The molecule has 98 valence electrons. The zero-order valence-electron chi connectivity index (χ0n) is 9.35. The number of nitrogens with zero attached hydrogens (tertiary/aromatic N) is 3. The molecule has 9 heteroatoms. The van der Waals surface area contributed by atoms with E-state index < -0.39 is 17.4 Å². The van der Waals surface area contributed by atoms with Crippen LogP contribution in [0, 0.1) is 0 Å². The number of rotatable bonds is 3. The highest BCUT2D eigenvalue weighted by Gasteiger charge is 2.17. The Labute approximate surface area is 118 Å². The number of nitrogens with one attached hydrogen (secondary N) is 1. The molecule has 0 fully saturated rings. The van der Waals surface area contributed by atoms with Crippen LogP contribution in [0.25, 0.3) is 11.2 Å². The average Bonchev–Trinajstić information content (AvgIpc) is 2.64. The Kier molecular flexibility index (Phi) is 3.74. The summed E-state index contributed by atoms with van der Waals surface area (Å²) < 4.78 is 3.17. The SMILES string of the molecule is Cn1c(=O)[nH]c(=O)c2c1nc(Br)n2CC(O)CBr. The molecule has 2 rings (SSSR count). The minimum absolute atomic E-state index is 0.198. The van der Waals surface area contributed by atoms with Crippen molar-refractivity contribution in [2.24, 2.45) is 7.05 Å². The van der Waals surface area contributed by atoms with Gasteiger partial charge >= 0.3 is 5.69 Å². The van der Waals surface area contributed by atoms with Gasteiger partial charge in [-0.3, -0.25) is 14.3 Å². The van der Waals surface area contributed by atoms with E-state index in [1.54, 1.807) is 0 Å². The summed E-state index contributed by atoms with van der Waals surface area (Å²) in [4.78, 5) is 29.6. The largest absolute Gasteiger partial charge is 0.390 e. The Morgan fingerprint density at radius 3 is 2.78 bits per heavy atom. The van der Waals surface area contributed by atoms with Crippen molar-refractivity contribution >= 4 is 43.0 Å². The van der Waals surface area contributed by atoms with Crippen molar-refractivity contribution in [3.63, 3.8) is 0 Å². The van der Waals surface area contributed by atoms with E-state index in [0.29, 0.717) is 10.1 Å². The molecule has 0 aliphatic rings. The third kappa shape index (κ3) is 2.17. The lowest BCUT2D eigenvalue weighted by Crippen LogP contribution is -2.30. The summed E-state index contributed by atoms with van der Waals surface area (Å²) in [5.41, 5.74) is -0.514. The minimum atomic E-state index is -0.657. The molecule has 2 heterocycles. The third-order valence-corrected chi connectivity index (χ3v) is 3.88. The van der Waals surface area contributed by atoms with Crippen molar-refractivity contribution < 1.29 is 5.11 Å². The maximum atomic E-state index is 11.8. The first-order valence-corrected chi connectivity index (χ1v) is 6.96. The first-order chi connectivity index (χ1) is 8.45. The van der Waals surface area contributed by atoms with Crippen LogP contribution in [0.5, 0.6) is 0 Å². The number of aliphatic hydroxyl groups is 1. The van der Waals surface area contributed by atoms with Gasteiger partial charge < -0.3 is 9.67 Å². The summed E-state index contributed by atoms with van der Waals surface area (Å²) in [6.07, 6.45) is -0.657. The second-order valence-electron chi connectivity index (χ2n) is 3.79. The Balaban J connectivity index is 2.75. The van der Waals surface area contributed by atoms with E-state index in [1.165, 1.54) is 16.2 Å². The number of aromatic nitrogens is 4. The number of hydrogen-bond acceptors (Lipinski definition) is 4. The van der Waals surface area contributed by atoms with Gasteiger partial charge in [0.05, 0.1) is 12.6 Å². The van der Waals surface area contributed by atoms with E-state index in [9.17, 15) is 14.7 Å². The maximum absolute atomic E-state index is 11.8. The molecule has 18 heavy (non-hydrogen) atoms. The molecule has 0 aliphatic heterocycles. The molecule has 0 radical (unpaired) electrons. The van der Waals surface area contributed by atoms with Gasteiger partial charge in [0.15, 0.2) is 15.9 Å². The van der Waals surface area contributed by atoms with Crippen LogP contribution in [0.4, 0.5) is 0 Å². The van der Waals surface area contributed by atoms with E-state index in [-0.39, 0.29) is 17.7 Å². The van der Waals surface area contributed by atoms with Gasteiger partial charge in [0, 0.05) is 12.4 Å². The highest BCUT2D eigenvalue weighted by atomic mass is 79.9. The van der Waals surface area contributed by atoms with E-state index in [1.807, 2.05) is 0 Å². The number of aryl methyl sites for hydroxylation is 1. The molecular weight excluding hydrogens is 372 g/mol. The minimum Gasteiger partial charge on any atom is -0.390 e. The summed E-state index contributed by atoms with van der Waals surface area (Å²) in [6, 6.07) is 0. The van der Waals surface area contributed by atoms with Crippen molar-refractivity contribution in [3.8, 4) is 0 Å². The number of aliphatic hydroxyl groups excluding tert-OH is 1. The molecule has 0 amide bonds. The fraction of sp³-hybridized carbons (Fsp3) is 0.444. The van der Waals surface area contributed by atoms with Crippen molar-refractivity contribution in [3.05, 3.63) is 25.6 Å². The standard InChI is InChI=1S/C9H10Br2N4O3/c1-14-6-5(7(17)13-9(14)18)15(8(11)12-6)3-4(16)2-10/h4,16H,2-3H2,1H3,(H,13,17,18). The molecule has 0 bridgehead atoms. The van der Waals surface area contributed by atoms with Crippen LogP contribution in [0.1, 0.15) is 0 Å². The first-order valence-electron chi connectivity index (χ1n) is 5.04. The molecule has 0 saturated heterocycles. The fourth-order valence-electron chi connectivity index (χ4n) is 1.63. The van der Waals surface area contributed by atoms with E-state index in [0.717, 1.165) is 0 Å². The predicted molar refractivity (Wildman–Crippen MR) is 73.1 cm³/mol. The predicted octanol–water partition coefficient (Wildman–Crippen LogP) is -0.0584. The average molecular weight is 382 g/mol. The van der Waals surface area contributed by atoms with Crippen LogP contribution in [0.2, 0.25) is 0 Å². The highest BCUT2D eigenvalue weighted by Crippen LogP contribution is 2.16. The zero-order valence-corrected chi connectivity index (χ0v) is 12.5. The summed E-state index contributed by atoms with van der Waals surface area (Å²) in [7, 11) is 1.52. The van der Waals surface area contributed by atoms with E-state index >= 15 is 0 Å².